The van der Waals surface area contributed by atoms with Crippen LogP contribution in [0.2, 0.25) is 0 Å². The number of aliphatic hydroxyl groups is 1. The van der Waals surface area contributed by atoms with Gasteiger partial charge in [-0.15, -0.1) is 0 Å². The summed E-state index contributed by atoms with van der Waals surface area (Å²) >= 11 is 0. The number of nitrogens with one attached hydrogen (secondary N) is 1. The van der Waals surface area contributed by atoms with Crippen LogP contribution < -0.4 is 10.1 Å². The summed E-state index contributed by atoms with van der Waals surface area (Å²) in [6.07, 6.45) is 0. The Morgan fingerprint density at radius 2 is 2.05 bits per heavy atom. The molecule has 2 aromatic rings. The number of aliphatic hydroxyl groups excluding tert-OH is 1. The first-order valence-corrected chi connectivity index (χ1v) is 6.97. The fraction of sp³-hybridized carbons (Fsp3) is 0.235. The van der Waals surface area contributed by atoms with Crippen LogP contribution in [-0.2, 0) is 6.54 Å². The van der Waals surface area contributed by atoms with Crippen LogP contribution in [0.25, 0.3) is 0 Å². The predicted octanol–water partition coefficient (Wildman–Crippen LogP) is 2.44. The lowest BCUT2D eigenvalue weighted by Gasteiger charge is -2.12. The van der Waals surface area contributed by atoms with Crippen LogP contribution in [0.15, 0.2) is 42.5 Å². The van der Waals surface area contributed by atoms with Crippen molar-refractivity contribution >= 4 is 5.91 Å². The smallest absolute Gasteiger partial charge is 0.251 e. The van der Waals surface area contributed by atoms with E-state index in [9.17, 15) is 9.18 Å². The second kappa shape index (κ2) is 7.56. The minimum atomic E-state index is -0.442. The Labute approximate surface area is 128 Å². The molecule has 5 heteroatoms. The Morgan fingerprint density at radius 3 is 2.82 bits per heavy atom. The third-order valence-electron chi connectivity index (χ3n) is 3.21. The molecule has 0 saturated heterocycles. The maximum atomic E-state index is 13.3. The van der Waals surface area contributed by atoms with Gasteiger partial charge in [-0.1, -0.05) is 24.3 Å². The van der Waals surface area contributed by atoms with Crippen molar-refractivity contribution in [2.75, 3.05) is 13.2 Å². The average molecular weight is 303 g/mol. The largest absolute Gasteiger partial charge is 0.491 e. The zero-order valence-electron chi connectivity index (χ0n) is 12.3. The molecule has 0 aliphatic carbocycles. The normalized spacial score (nSPS) is 10.3. The highest BCUT2D eigenvalue weighted by atomic mass is 19.1. The van der Waals surface area contributed by atoms with Crippen molar-refractivity contribution in [2.24, 2.45) is 0 Å². The number of aryl methyl sites for hydroxylation is 1. The van der Waals surface area contributed by atoms with Crippen molar-refractivity contribution in [1.82, 2.24) is 5.32 Å². The third-order valence-corrected chi connectivity index (χ3v) is 3.21. The van der Waals surface area contributed by atoms with Gasteiger partial charge in [0, 0.05) is 17.7 Å². The highest BCUT2D eigenvalue weighted by Gasteiger charge is 2.11. The predicted molar refractivity (Wildman–Crippen MR) is 81.3 cm³/mol. The summed E-state index contributed by atoms with van der Waals surface area (Å²) in [5.74, 6) is -0.177. The molecular weight excluding hydrogens is 285 g/mol. The first-order valence-electron chi connectivity index (χ1n) is 6.97. The SMILES string of the molecule is Cc1ccc(F)cc1C(=O)NCc1ccccc1OCCO. The first-order chi connectivity index (χ1) is 10.6. The lowest BCUT2D eigenvalue weighted by molar-refractivity contribution is 0.0949. The second-order valence-electron chi connectivity index (χ2n) is 4.82. The summed E-state index contributed by atoms with van der Waals surface area (Å²) in [7, 11) is 0. The molecule has 2 rings (SSSR count). The van der Waals surface area contributed by atoms with Gasteiger partial charge in [-0.05, 0) is 30.7 Å². The van der Waals surface area contributed by atoms with Gasteiger partial charge in [0.1, 0.15) is 18.2 Å². The van der Waals surface area contributed by atoms with Crippen LogP contribution in [0.5, 0.6) is 5.75 Å². The molecule has 0 aromatic heterocycles. The number of amides is 1. The number of halogens is 1. The van der Waals surface area contributed by atoms with Crippen molar-refractivity contribution in [3.8, 4) is 5.75 Å². The highest BCUT2D eigenvalue weighted by molar-refractivity contribution is 5.95. The minimum Gasteiger partial charge on any atom is -0.491 e. The van der Waals surface area contributed by atoms with Crippen LogP contribution in [0.3, 0.4) is 0 Å². The van der Waals surface area contributed by atoms with Gasteiger partial charge in [0.25, 0.3) is 5.91 Å². The number of carbonyl (C=O) groups excluding carboxylic acids is 1. The van der Waals surface area contributed by atoms with Gasteiger partial charge in [0.15, 0.2) is 0 Å². The zero-order chi connectivity index (χ0) is 15.9. The third kappa shape index (κ3) is 4.05. The summed E-state index contributed by atoms with van der Waals surface area (Å²) in [6, 6.07) is 11.4. The number of ether oxygens (including phenoxy) is 1. The van der Waals surface area contributed by atoms with E-state index >= 15 is 0 Å². The van der Waals surface area contributed by atoms with E-state index in [1.807, 2.05) is 18.2 Å². The summed E-state index contributed by atoms with van der Waals surface area (Å²) in [5, 5.41) is 11.6. The molecule has 0 atom stereocenters. The summed E-state index contributed by atoms with van der Waals surface area (Å²) in [4.78, 5) is 12.2. The Kier molecular flexibility index (Phi) is 5.49. The molecule has 0 unspecified atom stereocenters. The van der Waals surface area contributed by atoms with Crippen molar-refractivity contribution in [3.63, 3.8) is 0 Å². The van der Waals surface area contributed by atoms with Crippen molar-refractivity contribution in [2.45, 2.75) is 13.5 Å². The van der Waals surface area contributed by atoms with Gasteiger partial charge in [-0.3, -0.25) is 4.79 Å². The van der Waals surface area contributed by atoms with Crippen LogP contribution >= 0.6 is 0 Å². The maximum absolute atomic E-state index is 13.3. The van der Waals surface area contributed by atoms with E-state index in [0.717, 1.165) is 5.56 Å². The zero-order valence-corrected chi connectivity index (χ0v) is 12.3. The Hall–Kier alpha value is -2.40. The molecule has 0 aliphatic rings. The number of hydrogen-bond donors (Lipinski definition) is 2. The van der Waals surface area contributed by atoms with Gasteiger partial charge in [0.05, 0.1) is 6.61 Å². The summed E-state index contributed by atoms with van der Waals surface area (Å²) in [5.41, 5.74) is 1.82. The highest BCUT2D eigenvalue weighted by Crippen LogP contribution is 2.18. The topological polar surface area (TPSA) is 58.6 Å². The fourth-order valence-corrected chi connectivity index (χ4v) is 2.06. The molecule has 0 radical (unpaired) electrons. The number of benzene rings is 2. The summed E-state index contributed by atoms with van der Waals surface area (Å²) < 4.78 is 18.7. The molecule has 1 amide bonds. The molecule has 0 bridgehead atoms. The summed E-state index contributed by atoms with van der Waals surface area (Å²) in [6.45, 7) is 2.13. The molecule has 2 N–H and O–H groups in total. The van der Waals surface area contributed by atoms with Crippen LogP contribution in [-0.4, -0.2) is 24.2 Å². The number of carbonyl (C=O) groups is 1. The molecule has 0 fully saturated rings. The number of rotatable bonds is 6. The quantitative estimate of drug-likeness (QED) is 0.861. The molecule has 4 nitrogen and oxygen atoms in total. The van der Waals surface area contributed by atoms with Crippen LogP contribution in [0.1, 0.15) is 21.5 Å². The standard InChI is InChI=1S/C17H18FNO3/c1-12-6-7-14(18)10-15(12)17(21)19-11-13-4-2-3-5-16(13)22-9-8-20/h2-7,10,20H,8-9,11H2,1H3,(H,19,21). The van der Waals surface area contributed by atoms with E-state index in [1.165, 1.54) is 12.1 Å². The van der Waals surface area contributed by atoms with Crippen molar-refractivity contribution < 1.29 is 19.0 Å². The van der Waals surface area contributed by atoms with Gasteiger partial charge in [-0.25, -0.2) is 4.39 Å². The lowest BCUT2D eigenvalue weighted by atomic mass is 10.1. The molecule has 0 spiro atoms. The second-order valence-corrected chi connectivity index (χ2v) is 4.82. The number of para-hydroxylation sites is 1. The van der Waals surface area contributed by atoms with Crippen molar-refractivity contribution in [3.05, 3.63) is 65.0 Å². The van der Waals surface area contributed by atoms with Gasteiger partial charge in [-0.2, -0.15) is 0 Å². The van der Waals surface area contributed by atoms with E-state index in [1.54, 1.807) is 19.1 Å². The van der Waals surface area contributed by atoms with E-state index in [4.69, 9.17) is 9.84 Å². The maximum Gasteiger partial charge on any atom is 0.251 e. The Bertz CT molecular complexity index is 658. The van der Waals surface area contributed by atoms with E-state index in [2.05, 4.69) is 5.32 Å². The Balaban J connectivity index is 2.06. The van der Waals surface area contributed by atoms with Crippen LogP contribution in [0.4, 0.5) is 4.39 Å². The van der Waals surface area contributed by atoms with Crippen LogP contribution in [0, 0.1) is 12.7 Å². The van der Waals surface area contributed by atoms with E-state index in [-0.39, 0.29) is 25.7 Å². The van der Waals surface area contributed by atoms with Crippen molar-refractivity contribution in [1.29, 1.82) is 0 Å². The van der Waals surface area contributed by atoms with E-state index in [0.29, 0.717) is 16.9 Å². The minimum absolute atomic E-state index is 0.0802. The van der Waals surface area contributed by atoms with Gasteiger partial charge in [0.2, 0.25) is 0 Å². The molecule has 0 saturated carbocycles. The Morgan fingerprint density at radius 1 is 1.27 bits per heavy atom. The molecule has 2 aromatic carbocycles. The molecule has 116 valence electrons. The number of hydrogen-bond acceptors (Lipinski definition) is 3. The monoisotopic (exact) mass is 303 g/mol. The lowest BCUT2D eigenvalue weighted by Crippen LogP contribution is -2.24. The van der Waals surface area contributed by atoms with Gasteiger partial charge < -0.3 is 15.2 Å². The molecule has 0 aliphatic heterocycles. The average Bonchev–Trinajstić information content (AvgIpc) is 2.53. The molecular formula is C17H18FNO3. The van der Waals surface area contributed by atoms with Gasteiger partial charge >= 0.3 is 0 Å². The molecule has 22 heavy (non-hydrogen) atoms. The molecule has 0 heterocycles. The van der Waals surface area contributed by atoms with E-state index < -0.39 is 5.82 Å². The first kappa shape index (κ1) is 16.0. The fourth-order valence-electron chi connectivity index (χ4n) is 2.06.